The minimum atomic E-state index is -1.20. The van der Waals surface area contributed by atoms with E-state index in [1.54, 1.807) is 19.1 Å². The Kier molecular flexibility index (Phi) is 6.90. The van der Waals surface area contributed by atoms with Gasteiger partial charge in [0.05, 0.1) is 6.61 Å². The Balaban J connectivity index is 2.44. The molecule has 0 aromatic heterocycles. The molecule has 25 heavy (non-hydrogen) atoms. The van der Waals surface area contributed by atoms with Gasteiger partial charge in [-0.1, -0.05) is 60.7 Å². The normalized spacial score (nSPS) is 13.0. The monoisotopic (exact) mass is 340 g/mol. The maximum absolute atomic E-state index is 13.4. The van der Waals surface area contributed by atoms with Crippen LogP contribution in [0.2, 0.25) is 0 Å². The molecule has 1 atom stereocenters. The zero-order valence-corrected chi connectivity index (χ0v) is 14.7. The van der Waals surface area contributed by atoms with Crippen LogP contribution in [0.25, 0.3) is 0 Å². The quantitative estimate of drug-likeness (QED) is 0.508. The average molecular weight is 340 g/mol. The van der Waals surface area contributed by atoms with Crippen LogP contribution in [0.15, 0.2) is 60.7 Å². The first-order valence-corrected chi connectivity index (χ1v) is 8.59. The summed E-state index contributed by atoms with van der Waals surface area (Å²) in [7, 11) is 0. The van der Waals surface area contributed by atoms with Crippen molar-refractivity contribution >= 4 is 11.8 Å². The van der Waals surface area contributed by atoms with Gasteiger partial charge in [-0.2, -0.15) is 0 Å². The van der Waals surface area contributed by atoms with Crippen molar-refractivity contribution in [2.75, 3.05) is 13.2 Å². The summed E-state index contributed by atoms with van der Waals surface area (Å²) >= 11 is 0. The largest absolute Gasteiger partial charge is 0.466 e. The summed E-state index contributed by atoms with van der Waals surface area (Å²) in [6.45, 7) is 4.29. The smallest absolute Gasteiger partial charge is 0.305 e. The molecular weight excluding hydrogens is 316 g/mol. The van der Waals surface area contributed by atoms with Gasteiger partial charge in [0.1, 0.15) is 0 Å². The van der Waals surface area contributed by atoms with Gasteiger partial charge < -0.3 is 9.47 Å². The molecule has 0 aliphatic heterocycles. The Hall–Kier alpha value is -2.46. The van der Waals surface area contributed by atoms with Crippen LogP contribution < -0.4 is 0 Å². The van der Waals surface area contributed by atoms with Crippen molar-refractivity contribution in [1.82, 2.24) is 0 Å². The topological polar surface area (TPSA) is 52.6 Å². The van der Waals surface area contributed by atoms with E-state index in [9.17, 15) is 9.59 Å². The van der Waals surface area contributed by atoms with Gasteiger partial charge in [0.15, 0.2) is 11.4 Å². The van der Waals surface area contributed by atoms with Crippen molar-refractivity contribution in [2.24, 2.45) is 0 Å². The predicted molar refractivity (Wildman–Crippen MR) is 96.4 cm³/mol. The molecule has 0 amide bonds. The summed E-state index contributed by atoms with van der Waals surface area (Å²) in [6, 6.07) is 18.4. The predicted octanol–water partition coefficient (Wildman–Crippen LogP) is 4.14. The van der Waals surface area contributed by atoms with Gasteiger partial charge in [0.25, 0.3) is 0 Å². The van der Waals surface area contributed by atoms with Crippen molar-refractivity contribution in [3.63, 3.8) is 0 Å². The minimum Gasteiger partial charge on any atom is -0.466 e. The van der Waals surface area contributed by atoms with Crippen molar-refractivity contribution in [2.45, 2.75) is 32.3 Å². The lowest BCUT2D eigenvalue weighted by molar-refractivity contribution is -0.144. The average Bonchev–Trinajstić information content (AvgIpc) is 2.66. The Morgan fingerprint density at radius 1 is 0.880 bits per heavy atom. The molecule has 0 spiro atoms. The lowest BCUT2D eigenvalue weighted by Crippen LogP contribution is -2.39. The first kappa shape index (κ1) is 18.9. The van der Waals surface area contributed by atoms with Gasteiger partial charge >= 0.3 is 5.97 Å². The lowest BCUT2D eigenvalue weighted by atomic mass is 9.82. The fraction of sp³-hybridized carbons (Fsp3) is 0.333. The van der Waals surface area contributed by atoms with Gasteiger partial charge in [0.2, 0.25) is 0 Å². The standard InChI is InChI=1S/C21H24O4/c1-3-24-19(22)15-16-21(25-4-2,18-13-9-6-10-14-18)20(23)17-11-7-5-8-12-17/h5-14H,3-4,15-16H2,1-2H3. The summed E-state index contributed by atoms with van der Waals surface area (Å²) in [5.41, 5.74) is 0.100. The van der Waals surface area contributed by atoms with E-state index < -0.39 is 5.60 Å². The van der Waals surface area contributed by atoms with Crippen LogP contribution in [0, 0.1) is 0 Å². The van der Waals surface area contributed by atoms with Crippen LogP contribution in [0.5, 0.6) is 0 Å². The van der Waals surface area contributed by atoms with E-state index in [2.05, 4.69) is 0 Å². The molecule has 2 aromatic carbocycles. The highest BCUT2D eigenvalue weighted by atomic mass is 16.5. The number of ether oxygens (including phenoxy) is 2. The summed E-state index contributed by atoms with van der Waals surface area (Å²) in [4.78, 5) is 25.2. The van der Waals surface area contributed by atoms with E-state index in [0.717, 1.165) is 5.56 Å². The number of esters is 1. The molecule has 0 heterocycles. The van der Waals surface area contributed by atoms with Crippen LogP contribution in [0.1, 0.15) is 42.6 Å². The third kappa shape index (κ3) is 4.54. The lowest BCUT2D eigenvalue weighted by Gasteiger charge is -2.32. The third-order valence-corrected chi connectivity index (χ3v) is 4.02. The number of Topliss-reactive ketones (excluding diaryl/α,β-unsaturated/α-hetero) is 1. The van der Waals surface area contributed by atoms with Crippen LogP contribution >= 0.6 is 0 Å². The molecule has 132 valence electrons. The van der Waals surface area contributed by atoms with E-state index in [1.807, 2.05) is 55.5 Å². The fourth-order valence-electron chi connectivity index (χ4n) is 2.90. The Morgan fingerprint density at radius 3 is 2.04 bits per heavy atom. The molecule has 0 radical (unpaired) electrons. The number of hydrogen-bond donors (Lipinski definition) is 0. The van der Waals surface area contributed by atoms with Crippen molar-refractivity contribution in [3.8, 4) is 0 Å². The number of rotatable bonds is 9. The van der Waals surface area contributed by atoms with Crippen molar-refractivity contribution in [3.05, 3.63) is 71.8 Å². The van der Waals surface area contributed by atoms with Gasteiger partial charge in [0, 0.05) is 18.6 Å². The zero-order chi connectivity index (χ0) is 18.1. The minimum absolute atomic E-state index is 0.112. The molecule has 4 heteroatoms. The second-order valence-electron chi connectivity index (χ2n) is 5.63. The summed E-state index contributed by atoms with van der Waals surface area (Å²) in [6.07, 6.45) is 0.346. The number of carbonyl (C=O) groups is 2. The maximum atomic E-state index is 13.4. The Labute approximate surface area is 148 Å². The summed E-state index contributed by atoms with van der Waals surface area (Å²) < 4.78 is 11.0. The summed E-state index contributed by atoms with van der Waals surface area (Å²) in [5, 5.41) is 0. The second-order valence-corrected chi connectivity index (χ2v) is 5.63. The van der Waals surface area contributed by atoms with Crippen molar-refractivity contribution < 1.29 is 19.1 Å². The molecule has 2 rings (SSSR count). The first-order valence-electron chi connectivity index (χ1n) is 8.59. The molecule has 0 saturated heterocycles. The molecule has 1 unspecified atom stereocenters. The van der Waals surface area contributed by atoms with Crippen molar-refractivity contribution in [1.29, 1.82) is 0 Å². The number of benzene rings is 2. The Morgan fingerprint density at radius 2 is 1.48 bits per heavy atom. The Bertz CT molecular complexity index is 682. The molecule has 4 nitrogen and oxygen atoms in total. The van der Waals surface area contributed by atoms with Gasteiger partial charge in [-0.05, 0) is 25.8 Å². The van der Waals surface area contributed by atoms with Gasteiger partial charge in [-0.25, -0.2) is 0 Å². The maximum Gasteiger partial charge on any atom is 0.305 e. The van der Waals surface area contributed by atoms with Crippen LogP contribution in [-0.4, -0.2) is 25.0 Å². The molecule has 0 N–H and O–H groups in total. The van der Waals surface area contributed by atoms with E-state index in [1.165, 1.54) is 0 Å². The van der Waals surface area contributed by atoms with E-state index in [0.29, 0.717) is 18.8 Å². The highest BCUT2D eigenvalue weighted by Crippen LogP contribution is 2.35. The number of ketones is 1. The van der Waals surface area contributed by atoms with E-state index in [4.69, 9.17) is 9.47 Å². The number of hydrogen-bond acceptors (Lipinski definition) is 4. The van der Waals surface area contributed by atoms with Gasteiger partial charge in [-0.15, -0.1) is 0 Å². The van der Waals surface area contributed by atoms with E-state index in [-0.39, 0.29) is 24.6 Å². The van der Waals surface area contributed by atoms with Crippen LogP contribution in [-0.2, 0) is 19.9 Å². The molecular formula is C21H24O4. The zero-order valence-electron chi connectivity index (χ0n) is 14.7. The SMILES string of the molecule is CCOC(=O)CCC(OCC)(C(=O)c1ccccc1)c1ccccc1. The molecule has 0 bridgehead atoms. The van der Waals surface area contributed by atoms with E-state index >= 15 is 0 Å². The van der Waals surface area contributed by atoms with Crippen LogP contribution in [0.4, 0.5) is 0 Å². The van der Waals surface area contributed by atoms with Crippen LogP contribution in [0.3, 0.4) is 0 Å². The molecule has 0 aliphatic carbocycles. The highest BCUT2D eigenvalue weighted by Gasteiger charge is 2.41. The first-order chi connectivity index (χ1) is 12.1. The molecule has 0 saturated carbocycles. The molecule has 0 aliphatic rings. The highest BCUT2D eigenvalue weighted by molar-refractivity contribution is 6.03. The fourth-order valence-corrected chi connectivity index (χ4v) is 2.90. The second kappa shape index (κ2) is 9.14. The molecule has 0 fully saturated rings. The molecule has 2 aromatic rings. The number of carbonyl (C=O) groups excluding carboxylic acids is 2. The third-order valence-electron chi connectivity index (χ3n) is 4.02. The van der Waals surface area contributed by atoms with Gasteiger partial charge in [-0.3, -0.25) is 9.59 Å². The summed E-state index contributed by atoms with van der Waals surface area (Å²) in [5.74, 6) is -0.478.